The second kappa shape index (κ2) is 5.74. The first-order valence-corrected chi connectivity index (χ1v) is 7.77. The maximum Gasteiger partial charge on any atom is 0.166 e. The molecule has 4 rings (SSSR count). The van der Waals surface area contributed by atoms with Gasteiger partial charge in [-0.1, -0.05) is 48.5 Å². The summed E-state index contributed by atoms with van der Waals surface area (Å²) in [6, 6.07) is 16.9. The monoisotopic (exact) mass is 336 g/mol. The maximum atomic E-state index is 14.6. The van der Waals surface area contributed by atoms with Crippen molar-refractivity contribution in [3.05, 3.63) is 72.3 Å². The molecule has 4 aromatic rings. The van der Waals surface area contributed by atoms with Crippen LogP contribution in [0.5, 0.6) is 11.5 Å². The number of aromatic hydroxyl groups is 1. The second-order valence-electron chi connectivity index (χ2n) is 5.79. The molecule has 0 aliphatic carbocycles. The zero-order valence-corrected chi connectivity index (χ0v) is 13.4. The molecule has 0 bridgehead atoms. The summed E-state index contributed by atoms with van der Waals surface area (Å²) >= 11 is 0. The molecule has 25 heavy (non-hydrogen) atoms. The van der Waals surface area contributed by atoms with E-state index in [-0.39, 0.29) is 11.3 Å². The third-order valence-electron chi connectivity index (χ3n) is 4.39. The molecule has 4 heteroatoms. The molecule has 2 nitrogen and oxygen atoms in total. The van der Waals surface area contributed by atoms with Gasteiger partial charge in [-0.05, 0) is 33.7 Å². The van der Waals surface area contributed by atoms with Gasteiger partial charge in [0.15, 0.2) is 23.1 Å². The molecule has 0 fully saturated rings. The zero-order chi connectivity index (χ0) is 17.6. The summed E-state index contributed by atoms with van der Waals surface area (Å²) in [5.41, 5.74) is 0.564. The Morgan fingerprint density at radius 3 is 1.88 bits per heavy atom. The van der Waals surface area contributed by atoms with Crippen molar-refractivity contribution in [2.75, 3.05) is 7.11 Å². The van der Waals surface area contributed by atoms with E-state index in [1.807, 2.05) is 6.07 Å². The van der Waals surface area contributed by atoms with Crippen molar-refractivity contribution in [1.82, 2.24) is 0 Å². The van der Waals surface area contributed by atoms with Crippen LogP contribution in [0.2, 0.25) is 0 Å². The van der Waals surface area contributed by atoms with Crippen LogP contribution in [0, 0.1) is 11.6 Å². The Morgan fingerprint density at radius 2 is 1.28 bits per heavy atom. The number of ether oxygens (including phenoxy) is 1. The SMILES string of the molecule is COc1c(F)cc2ccccc2c1-c1c(O)c(F)cc2ccccc12. The highest BCUT2D eigenvalue weighted by Gasteiger charge is 2.22. The lowest BCUT2D eigenvalue weighted by Gasteiger charge is -2.17. The molecule has 0 radical (unpaired) electrons. The lowest BCUT2D eigenvalue weighted by molar-refractivity contribution is 0.388. The molecule has 0 saturated heterocycles. The van der Waals surface area contributed by atoms with Crippen molar-refractivity contribution in [2.45, 2.75) is 0 Å². The van der Waals surface area contributed by atoms with Crippen molar-refractivity contribution < 1.29 is 18.6 Å². The number of halogens is 2. The highest BCUT2D eigenvalue weighted by Crippen LogP contribution is 2.46. The minimum Gasteiger partial charge on any atom is -0.504 e. The van der Waals surface area contributed by atoms with Crippen molar-refractivity contribution in [3.63, 3.8) is 0 Å². The highest BCUT2D eigenvalue weighted by atomic mass is 19.1. The van der Waals surface area contributed by atoms with E-state index in [0.29, 0.717) is 27.1 Å². The van der Waals surface area contributed by atoms with Crippen molar-refractivity contribution >= 4 is 21.5 Å². The van der Waals surface area contributed by atoms with Crippen molar-refractivity contribution in [3.8, 4) is 22.6 Å². The number of fused-ring (bicyclic) bond motifs is 2. The minimum atomic E-state index is -0.760. The Hall–Kier alpha value is -3.14. The predicted molar refractivity (Wildman–Crippen MR) is 95.0 cm³/mol. The van der Waals surface area contributed by atoms with Gasteiger partial charge in [0.2, 0.25) is 0 Å². The molecule has 0 amide bonds. The normalized spacial score (nSPS) is 11.2. The number of phenols is 1. The molecule has 0 spiro atoms. The Labute approximate surface area is 142 Å². The number of phenolic OH excluding ortho intramolecular Hbond substituents is 1. The predicted octanol–water partition coefficient (Wildman–Crippen LogP) is 5.65. The summed E-state index contributed by atoms with van der Waals surface area (Å²) in [6.45, 7) is 0. The van der Waals surface area contributed by atoms with Gasteiger partial charge < -0.3 is 9.84 Å². The lowest BCUT2D eigenvalue weighted by Crippen LogP contribution is -1.96. The summed E-state index contributed by atoms with van der Waals surface area (Å²) in [7, 11) is 1.36. The van der Waals surface area contributed by atoms with Gasteiger partial charge in [0.25, 0.3) is 0 Å². The third kappa shape index (κ3) is 2.30. The average molecular weight is 336 g/mol. The molecule has 0 saturated carbocycles. The molecule has 0 heterocycles. The van der Waals surface area contributed by atoms with E-state index in [1.54, 1.807) is 42.5 Å². The summed E-state index contributed by atoms with van der Waals surface area (Å²) in [5.74, 6) is -1.87. The van der Waals surface area contributed by atoms with Crippen LogP contribution >= 0.6 is 0 Å². The fourth-order valence-electron chi connectivity index (χ4n) is 3.30. The lowest BCUT2D eigenvalue weighted by atomic mass is 9.92. The number of benzene rings is 4. The number of rotatable bonds is 2. The number of methoxy groups -OCH3 is 1. The maximum absolute atomic E-state index is 14.6. The van der Waals surface area contributed by atoms with E-state index < -0.39 is 17.4 Å². The van der Waals surface area contributed by atoms with Crippen LogP contribution in [-0.2, 0) is 0 Å². The van der Waals surface area contributed by atoms with Crippen LogP contribution in [0.1, 0.15) is 0 Å². The topological polar surface area (TPSA) is 29.5 Å². The van der Waals surface area contributed by atoms with Crippen molar-refractivity contribution in [2.24, 2.45) is 0 Å². The van der Waals surface area contributed by atoms with Gasteiger partial charge in [-0.15, -0.1) is 0 Å². The fourth-order valence-corrected chi connectivity index (χ4v) is 3.30. The first-order chi connectivity index (χ1) is 12.1. The molecule has 0 unspecified atom stereocenters. The Morgan fingerprint density at radius 1 is 0.760 bits per heavy atom. The Kier molecular flexibility index (Phi) is 3.53. The average Bonchev–Trinajstić information content (AvgIpc) is 2.62. The summed E-state index contributed by atoms with van der Waals surface area (Å²) in [5, 5.41) is 13.0. The summed E-state index contributed by atoms with van der Waals surface area (Å²) in [6.07, 6.45) is 0. The quantitative estimate of drug-likeness (QED) is 0.512. The molecular formula is C21H14F2O2. The molecule has 0 atom stereocenters. The summed E-state index contributed by atoms with van der Waals surface area (Å²) < 4.78 is 34.2. The molecule has 0 aromatic heterocycles. The van der Waals surface area contributed by atoms with E-state index in [4.69, 9.17) is 4.74 Å². The van der Waals surface area contributed by atoms with Crippen molar-refractivity contribution in [1.29, 1.82) is 0 Å². The highest BCUT2D eigenvalue weighted by molar-refractivity contribution is 6.09. The number of hydrogen-bond donors (Lipinski definition) is 1. The molecular weight excluding hydrogens is 322 g/mol. The van der Waals surface area contributed by atoms with E-state index >= 15 is 0 Å². The van der Waals surface area contributed by atoms with Crippen LogP contribution in [0.3, 0.4) is 0 Å². The van der Waals surface area contributed by atoms with E-state index in [0.717, 1.165) is 0 Å². The van der Waals surface area contributed by atoms with Gasteiger partial charge in [-0.2, -0.15) is 0 Å². The molecule has 0 aliphatic heterocycles. The summed E-state index contributed by atoms with van der Waals surface area (Å²) in [4.78, 5) is 0. The largest absolute Gasteiger partial charge is 0.504 e. The third-order valence-corrected chi connectivity index (χ3v) is 4.39. The van der Waals surface area contributed by atoms with E-state index in [9.17, 15) is 13.9 Å². The standard InChI is InChI=1S/C21H14F2O2/c1-25-21-17(23)11-13-7-3-5-9-15(13)19(21)18-14-8-4-2-6-12(14)10-16(22)20(18)24/h2-11,24H,1H3. The van der Waals surface area contributed by atoms with E-state index in [1.165, 1.54) is 19.2 Å². The zero-order valence-electron chi connectivity index (χ0n) is 13.4. The Balaban J connectivity index is 2.27. The van der Waals surface area contributed by atoms with Gasteiger partial charge in [-0.25, -0.2) is 8.78 Å². The second-order valence-corrected chi connectivity index (χ2v) is 5.79. The van der Waals surface area contributed by atoms with Gasteiger partial charge in [0.05, 0.1) is 7.11 Å². The van der Waals surface area contributed by atoms with Crippen LogP contribution in [-0.4, -0.2) is 12.2 Å². The molecule has 1 N–H and O–H groups in total. The van der Waals surface area contributed by atoms with Gasteiger partial charge >= 0.3 is 0 Å². The van der Waals surface area contributed by atoms with Gasteiger partial charge in [0.1, 0.15) is 0 Å². The number of hydrogen-bond acceptors (Lipinski definition) is 2. The van der Waals surface area contributed by atoms with Gasteiger partial charge in [0, 0.05) is 11.1 Å². The van der Waals surface area contributed by atoms with Crippen LogP contribution in [0.25, 0.3) is 32.7 Å². The van der Waals surface area contributed by atoms with E-state index in [2.05, 4.69) is 0 Å². The molecule has 0 aliphatic rings. The smallest absolute Gasteiger partial charge is 0.166 e. The first kappa shape index (κ1) is 15.4. The minimum absolute atomic E-state index is 0.0234. The fraction of sp³-hybridized carbons (Fsp3) is 0.0476. The Bertz CT molecular complexity index is 1120. The van der Waals surface area contributed by atoms with Crippen LogP contribution < -0.4 is 4.74 Å². The molecule has 4 aromatic carbocycles. The van der Waals surface area contributed by atoms with Crippen LogP contribution in [0.4, 0.5) is 8.78 Å². The van der Waals surface area contributed by atoms with Gasteiger partial charge in [-0.3, -0.25) is 0 Å². The van der Waals surface area contributed by atoms with Crippen LogP contribution in [0.15, 0.2) is 60.7 Å². The first-order valence-electron chi connectivity index (χ1n) is 7.77. The molecule has 124 valence electrons.